The topological polar surface area (TPSA) is 162 Å². The Labute approximate surface area is 204 Å². The first-order chi connectivity index (χ1) is 17.2. The average Bonchev–Trinajstić information content (AvgIpc) is 2.87. The highest BCUT2D eigenvalue weighted by Crippen LogP contribution is 2.23. The van der Waals surface area contributed by atoms with Crippen LogP contribution >= 0.6 is 0 Å². The van der Waals surface area contributed by atoms with Gasteiger partial charge in [0, 0.05) is 12.1 Å². The predicted molar refractivity (Wildman–Crippen MR) is 125 cm³/mol. The van der Waals surface area contributed by atoms with Crippen LogP contribution in [0.2, 0.25) is 0 Å². The number of nitrogens with zero attached hydrogens (tertiary/aromatic N) is 1. The fourth-order valence-electron chi connectivity index (χ4n) is 3.07. The zero-order valence-corrected chi connectivity index (χ0v) is 18.8. The highest BCUT2D eigenvalue weighted by molar-refractivity contribution is 6.02. The summed E-state index contributed by atoms with van der Waals surface area (Å²) >= 11 is 0. The van der Waals surface area contributed by atoms with Crippen molar-refractivity contribution in [2.45, 2.75) is 19.1 Å². The smallest absolute Gasteiger partial charge is 0.349 e. The number of esters is 2. The van der Waals surface area contributed by atoms with Crippen molar-refractivity contribution >= 4 is 35.2 Å². The summed E-state index contributed by atoms with van der Waals surface area (Å²) in [6.07, 6.45) is -4.37. The summed E-state index contributed by atoms with van der Waals surface area (Å²) in [5, 5.41) is 23.2. The second-order valence-corrected chi connectivity index (χ2v) is 7.47. The van der Waals surface area contributed by atoms with Crippen molar-refractivity contribution in [1.29, 1.82) is 0 Å². The molecule has 0 heterocycles. The minimum Gasteiger partial charge on any atom is -0.478 e. The standard InChI is InChI=1S/C25H20N2O9/c1-15-12-13-18(27(33)34)14-19(15)26-22(28)20(35-24(31)16-8-4-2-5-9-16)21(23(29)30)36-25(32)17-10-6-3-7-11-17/h2-14,20-21H,1H3,(H,26,28)(H,29,30). The molecule has 3 rings (SSSR count). The molecule has 11 heteroatoms. The number of ether oxygens (including phenoxy) is 2. The first-order valence-corrected chi connectivity index (χ1v) is 10.5. The van der Waals surface area contributed by atoms with E-state index in [1.54, 1.807) is 19.1 Å². The minimum atomic E-state index is -2.23. The number of carbonyl (C=O) groups is 4. The summed E-state index contributed by atoms with van der Waals surface area (Å²) in [4.78, 5) is 60.9. The van der Waals surface area contributed by atoms with E-state index < -0.39 is 40.9 Å². The largest absolute Gasteiger partial charge is 0.478 e. The fourth-order valence-corrected chi connectivity index (χ4v) is 3.07. The van der Waals surface area contributed by atoms with Crippen LogP contribution in [0.4, 0.5) is 11.4 Å². The van der Waals surface area contributed by atoms with Gasteiger partial charge in [-0.25, -0.2) is 14.4 Å². The van der Waals surface area contributed by atoms with Crippen LogP contribution in [0.15, 0.2) is 78.9 Å². The van der Waals surface area contributed by atoms with Crippen molar-refractivity contribution in [1.82, 2.24) is 0 Å². The number of carbonyl (C=O) groups excluding carboxylic acids is 3. The molecule has 1 amide bonds. The number of hydrogen-bond acceptors (Lipinski definition) is 8. The number of anilines is 1. The average molecular weight is 492 g/mol. The van der Waals surface area contributed by atoms with Gasteiger partial charge in [-0.05, 0) is 36.8 Å². The molecule has 2 unspecified atom stereocenters. The summed E-state index contributed by atoms with van der Waals surface area (Å²) < 4.78 is 10.3. The van der Waals surface area contributed by atoms with E-state index in [0.29, 0.717) is 5.56 Å². The molecule has 184 valence electrons. The lowest BCUT2D eigenvalue weighted by Crippen LogP contribution is -2.48. The number of aliphatic carboxylic acids is 1. The summed E-state index contributed by atoms with van der Waals surface area (Å²) in [6.45, 7) is 1.55. The Morgan fingerprint density at radius 3 is 1.81 bits per heavy atom. The summed E-state index contributed by atoms with van der Waals surface area (Å²) in [5.74, 6) is -5.04. The number of nitro groups is 1. The monoisotopic (exact) mass is 492 g/mol. The first-order valence-electron chi connectivity index (χ1n) is 10.5. The van der Waals surface area contributed by atoms with Gasteiger partial charge in [-0.1, -0.05) is 42.5 Å². The van der Waals surface area contributed by atoms with Gasteiger partial charge >= 0.3 is 17.9 Å². The van der Waals surface area contributed by atoms with Crippen LogP contribution in [0.5, 0.6) is 0 Å². The molecule has 3 aromatic rings. The Hall–Kier alpha value is -5.06. The quantitative estimate of drug-likeness (QED) is 0.259. The number of rotatable bonds is 9. The van der Waals surface area contributed by atoms with Crippen LogP contribution in [-0.2, 0) is 19.1 Å². The maximum atomic E-state index is 13.2. The number of benzene rings is 3. The molecule has 0 spiro atoms. The molecule has 3 aromatic carbocycles. The maximum absolute atomic E-state index is 13.2. The second kappa shape index (κ2) is 11.4. The molecule has 0 saturated carbocycles. The van der Waals surface area contributed by atoms with Crippen molar-refractivity contribution in [3.05, 3.63) is 106 Å². The van der Waals surface area contributed by atoms with Gasteiger partial charge in [-0.15, -0.1) is 0 Å². The molecule has 0 aliphatic heterocycles. The van der Waals surface area contributed by atoms with Gasteiger partial charge in [0.25, 0.3) is 11.6 Å². The van der Waals surface area contributed by atoms with Crippen LogP contribution < -0.4 is 5.32 Å². The van der Waals surface area contributed by atoms with Gasteiger partial charge in [-0.2, -0.15) is 0 Å². The highest BCUT2D eigenvalue weighted by atomic mass is 16.6. The molecule has 2 atom stereocenters. The number of carboxylic acid groups (broad SMARTS) is 1. The van der Waals surface area contributed by atoms with E-state index in [1.807, 2.05) is 0 Å². The van der Waals surface area contributed by atoms with Crippen molar-refractivity contribution in [2.75, 3.05) is 5.32 Å². The fraction of sp³-hybridized carbons (Fsp3) is 0.120. The number of carboxylic acids is 1. The number of non-ortho nitro benzene ring substituents is 1. The van der Waals surface area contributed by atoms with Gasteiger partial charge in [0.05, 0.1) is 21.7 Å². The Bertz CT molecular complexity index is 1290. The van der Waals surface area contributed by atoms with Gasteiger partial charge in [0.1, 0.15) is 0 Å². The molecule has 0 bridgehead atoms. The second-order valence-electron chi connectivity index (χ2n) is 7.47. The van der Waals surface area contributed by atoms with E-state index in [9.17, 15) is 34.4 Å². The highest BCUT2D eigenvalue weighted by Gasteiger charge is 2.41. The van der Waals surface area contributed by atoms with E-state index in [0.717, 1.165) is 6.07 Å². The molecule has 0 aromatic heterocycles. The third-order valence-electron chi connectivity index (χ3n) is 4.95. The van der Waals surface area contributed by atoms with E-state index in [1.165, 1.54) is 60.7 Å². The predicted octanol–water partition coefficient (Wildman–Crippen LogP) is 3.38. The lowest BCUT2D eigenvalue weighted by Gasteiger charge is -2.24. The van der Waals surface area contributed by atoms with Crippen molar-refractivity contribution < 1.29 is 38.7 Å². The van der Waals surface area contributed by atoms with Crippen LogP contribution in [0.25, 0.3) is 0 Å². The van der Waals surface area contributed by atoms with Gasteiger partial charge in [0.2, 0.25) is 12.2 Å². The van der Waals surface area contributed by atoms with Crippen molar-refractivity contribution in [3.63, 3.8) is 0 Å². The van der Waals surface area contributed by atoms with E-state index in [-0.39, 0.29) is 22.5 Å². The van der Waals surface area contributed by atoms with E-state index in [4.69, 9.17) is 9.47 Å². The number of amides is 1. The van der Waals surface area contributed by atoms with E-state index >= 15 is 0 Å². The summed E-state index contributed by atoms with van der Waals surface area (Å²) in [6, 6.07) is 18.5. The minimum absolute atomic E-state index is 0.00632. The molecular formula is C25H20N2O9. The Balaban J connectivity index is 1.95. The summed E-state index contributed by atoms with van der Waals surface area (Å²) in [5.41, 5.74) is 0.0786. The third kappa shape index (κ3) is 6.29. The molecule has 0 fully saturated rings. The normalized spacial score (nSPS) is 12.0. The number of aryl methyl sites for hydroxylation is 1. The maximum Gasteiger partial charge on any atom is 0.349 e. The van der Waals surface area contributed by atoms with E-state index in [2.05, 4.69) is 5.32 Å². The first kappa shape index (κ1) is 25.6. The molecule has 0 saturated heterocycles. The lowest BCUT2D eigenvalue weighted by atomic mass is 10.1. The van der Waals surface area contributed by atoms with Crippen LogP contribution in [0, 0.1) is 17.0 Å². The third-order valence-corrected chi connectivity index (χ3v) is 4.95. The molecule has 0 aliphatic carbocycles. The molecule has 0 aliphatic rings. The van der Waals surface area contributed by atoms with Gasteiger partial charge in [-0.3, -0.25) is 14.9 Å². The Morgan fingerprint density at radius 2 is 1.33 bits per heavy atom. The number of nitrogens with one attached hydrogen (secondary N) is 1. The lowest BCUT2D eigenvalue weighted by molar-refractivity contribution is -0.384. The molecule has 36 heavy (non-hydrogen) atoms. The van der Waals surface area contributed by atoms with Crippen LogP contribution in [0.3, 0.4) is 0 Å². The SMILES string of the molecule is Cc1ccc([N+](=O)[O-])cc1NC(=O)C(OC(=O)c1ccccc1)C(OC(=O)c1ccccc1)C(=O)O. The summed E-state index contributed by atoms with van der Waals surface area (Å²) in [7, 11) is 0. The van der Waals surface area contributed by atoms with Crippen LogP contribution in [-0.4, -0.2) is 46.1 Å². The zero-order chi connectivity index (χ0) is 26.2. The van der Waals surface area contributed by atoms with Crippen molar-refractivity contribution in [2.24, 2.45) is 0 Å². The Kier molecular flexibility index (Phi) is 8.08. The number of nitro benzene ring substituents is 1. The molecular weight excluding hydrogens is 472 g/mol. The number of hydrogen-bond donors (Lipinski definition) is 2. The molecule has 11 nitrogen and oxygen atoms in total. The molecule has 0 radical (unpaired) electrons. The van der Waals surface area contributed by atoms with Crippen LogP contribution in [0.1, 0.15) is 26.3 Å². The Morgan fingerprint density at radius 1 is 0.833 bits per heavy atom. The van der Waals surface area contributed by atoms with Crippen molar-refractivity contribution in [3.8, 4) is 0 Å². The van der Waals surface area contributed by atoms with Gasteiger partial charge < -0.3 is 19.9 Å². The molecule has 2 N–H and O–H groups in total. The zero-order valence-electron chi connectivity index (χ0n) is 18.8. The van der Waals surface area contributed by atoms with Gasteiger partial charge in [0.15, 0.2) is 0 Å².